The fourth-order valence-corrected chi connectivity index (χ4v) is 14.6. The van der Waals surface area contributed by atoms with E-state index in [1.807, 2.05) is 69.2 Å². The number of carbonyl (C=O) groups is 1. The lowest BCUT2D eigenvalue weighted by atomic mass is 10.1. The number of nitrogens with zero attached hydrogens (tertiary/aromatic N) is 2. The number of rotatable bonds is 10. The molecular formula is C64H98N2O29. The second-order valence-corrected chi connectivity index (χ2v) is 26.9. The van der Waals surface area contributed by atoms with Gasteiger partial charge in [-0.1, -0.05) is 60.0 Å². The predicted molar refractivity (Wildman–Crippen MR) is 313 cm³/mol. The Morgan fingerprint density at radius 3 is 0.821 bits per heavy atom. The maximum absolute atomic E-state index is 9.73. The molecule has 4 aliphatic carbocycles. The second-order valence-electron chi connectivity index (χ2n) is 26.9. The van der Waals surface area contributed by atoms with E-state index in [1.165, 1.54) is 6.92 Å². The van der Waals surface area contributed by atoms with Crippen LogP contribution in [0.25, 0.3) is 5.53 Å². The summed E-state index contributed by atoms with van der Waals surface area (Å²) in [4.78, 5) is 77.2. The molecule has 10 aliphatic heterocycles. The third-order valence-corrected chi connectivity index (χ3v) is 18.6. The lowest BCUT2D eigenvalue weighted by Gasteiger charge is -2.24. The van der Waals surface area contributed by atoms with Crippen LogP contribution >= 0.6 is 0 Å². The Balaban J connectivity index is 0.000000202. The number of carbonyl (C=O) groups excluding carboxylic acids is 9. The van der Waals surface area contributed by atoms with Crippen LogP contribution in [0.4, 0.5) is 0 Å². The van der Waals surface area contributed by atoms with Gasteiger partial charge in [0.05, 0.1) is 0 Å². The van der Waals surface area contributed by atoms with Gasteiger partial charge in [-0.15, -0.1) is 0 Å². The van der Waals surface area contributed by atoms with Gasteiger partial charge in [0.2, 0.25) is 12.1 Å². The van der Waals surface area contributed by atoms with Crippen LogP contribution < -0.4 is 0 Å². The molecule has 0 aromatic rings. The monoisotopic (exact) mass is 1360 g/mol. The van der Waals surface area contributed by atoms with E-state index in [9.17, 15) is 4.79 Å². The van der Waals surface area contributed by atoms with Crippen molar-refractivity contribution in [1.29, 1.82) is 0 Å². The van der Waals surface area contributed by atoms with E-state index in [0.717, 1.165) is 57.6 Å². The largest absolute Gasteiger partial charge is 0.464 e. The molecule has 0 radical (unpaired) electrons. The van der Waals surface area contributed by atoms with Crippen molar-refractivity contribution < 1.29 is 143 Å². The van der Waals surface area contributed by atoms with Gasteiger partial charge in [0.25, 0.3) is 0 Å². The minimum atomic E-state index is -0.571. The number of methoxy groups -OCH3 is 5. The summed E-state index contributed by atoms with van der Waals surface area (Å²) >= 11 is 0. The summed E-state index contributed by atoms with van der Waals surface area (Å²) in [5.41, 5.74) is 7.06. The third kappa shape index (κ3) is 18.0. The maximum Gasteiger partial charge on any atom is 0.373 e. The summed E-state index contributed by atoms with van der Waals surface area (Å²) in [5, 5.41) is 0. The van der Waals surface area contributed by atoms with Crippen LogP contribution in [0.1, 0.15) is 155 Å². The second kappa shape index (κ2) is 32.6. The standard InChI is InChI=1S/4C12H20O4.C9H14O4.C3H4N2O.4CO2/c4*1-5-7-6-12(7)9-8(10(13-4)16-12)14-11(2,3)15-9;1-5-6-7(8(10-4)11-5)13-9(2,3)12-6;1-3(6)2-5-4;4*2-1-3/h4*7-10H,5-6H2,1-4H3;6-8H,1H2,2-4H3;2H,1H3;;;;/t7-,8+,9?,10-,12+;7-,8+,9?,10-,12-;7-,8-,9?,10+,12+;7-,8-,9?,10+,12-;6?,7-,8+;;;;;/m11000...../s1. The Morgan fingerprint density at radius 1 is 0.421 bits per heavy atom. The van der Waals surface area contributed by atoms with Gasteiger partial charge in [0.1, 0.15) is 83.1 Å². The highest BCUT2D eigenvalue weighted by molar-refractivity contribution is 6.23. The SMILES string of the molecule is C=C1O[C@@H](OC)[C@H]2OC(C)(C)OC12.CC(=O)C=[N+]=[N-].CC[C@@H]1C[C@@]12O[C@@H](OC)[C@H]1OC(C)(C)OC12.CC[C@@H]1C[C@]12O[C@@H](OC)[C@H]1OC(C)(C)OC12.CC[C@H]1C[C@@]12O[C@@H](OC)[C@H]1OC(C)(C)OC12.CC[C@H]1C[C@]12O[C@@H](OC)[C@H]1OC(C)(C)OC12.O=C=O.O=C=O.O=C=O.O=C=O. The first-order valence-electron chi connectivity index (χ1n) is 31.7. The molecule has 14 rings (SSSR count). The van der Waals surface area contributed by atoms with Crippen molar-refractivity contribution in [2.45, 2.75) is 299 Å². The van der Waals surface area contributed by atoms with Crippen LogP contribution in [0, 0.1) is 23.7 Å². The molecule has 10 heterocycles. The molecule has 31 heteroatoms. The van der Waals surface area contributed by atoms with Crippen LogP contribution in [-0.2, 0) is 138 Å². The summed E-state index contributed by atoms with van der Waals surface area (Å²) in [5.74, 6) is 0.102. The van der Waals surface area contributed by atoms with E-state index in [0.29, 0.717) is 29.4 Å². The molecule has 31 nitrogen and oxygen atoms in total. The molecule has 5 unspecified atom stereocenters. The first kappa shape index (κ1) is 81.0. The molecule has 0 aromatic carbocycles. The van der Waals surface area contributed by atoms with Gasteiger partial charge < -0.3 is 100 Å². The van der Waals surface area contributed by atoms with Gasteiger partial charge in [-0.2, -0.15) is 43.1 Å². The minimum absolute atomic E-state index is 0.0393. The van der Waals surface area contributed by atoms with Crippen molar-refractivity contribution >= 4 is 36.6 Å². The lowest BCUT2D eigenvalue weighted by Crippen LogP contribution is -2.32. The predicted octanol–water partition coefficient (Wildman–Crippen LogP) is 5.28. The molecular weight excluding hydrogens is 1260 g/mol. The molecule has 10 saturated heterocycles. The van der Waals surface area contributed by atoms with Crippen LogP contribution in [0.15, 0.2) is 12.3 Å². The van der Waals surface area contributed by atoms with Crippen LogP contribution in [0.3, 0.4) is 0 Å². The van der Waals surface area contributed by atoms with Gasteiger partial charge in [-0.05, 0) is 119 Å². The highest BCUT2D eigenvalue weighted by Crippen LogP contribution is 2.64. The zero-order chi connectivity index (χ0) is 71.7. The molecule has 14 fully saturated rings. The summed E-state index contributed by atoms with van der Waals surface area (Å²) in [6.07, 6.45) is 8.64. The molecule has 14 aliphatic rings. The normalized spacial score (nSPS) is 42.3. The summed E-state index contributed by atoms with van der Waals surface area (Å²) in [6, 6.07) is 0. The summed E-state index contributed by atoms with van der Waals surface area (Å²) < 4.78 is 114. The van der Waals surface area contributed by atoms with E-state index in [1.54, 1.807) is 35.5 Å². The van der Waals surface area contributed by atoms with Crippen LogP contribution in [0.5, 0.6) is 0 Å². The quantitative estimate of drug-likeness (QED) is 0.152. The zero-order valence-corrected chi connectivity index (χ0v) is 58.1. The van der Waals surface area contributed by atoms with Crippen molar-refractivity contribution in [3.8, 4) is 0 Å². The van der Waals surface area contributed by atoms with E-state index < -0.39 is 28.9 Å². The third-order valence-electron chi connectivity index (χ3n) is 18.6. The van der Waals surface area contributed by atoms with Crippen molar-refractivity contribution in [2.24, 2.45) is 23.7 Å². The maximum atomic E-state index is 9.73. The fraction of sp³-hybridized carbons (Fsp3) is 0.875. The van der Waals surface area contributed by atoms with Gasteiger partial charge in [-0.25, -0.2) is 0 Å². The smallest absolute Gasteiger partial charge is 0.373 e. The highest BCUT2D eigenvalue weighted by atomic mass is 16.8. The van der Waals surface area contributed by atoms with E-state index >= 15 is 0 Å². The Labute approximate surface area is 553 Å². The van der Waals surface area contributed by atoms with Crippen LogP contribution in [0.2, 0.25) is 0 Å². The Kier molecular flexibility index (Phi) is 27.8. The molecule has 4 spiro atoms. The van der Waals surface area contributed by atoms with Crippen molar-refractivity contribution in [3.05, 3.63) is 17.9 Å². The van der Waals surface area contributed by atoms with Gasteiger partial charge >= 0.3 is 30.8 Å². The van der Waals surface area contributed by atoms with Gasteiger partial charge in [-0.3, -0.25) is 4.79 Å². The number of hydrogen-bond donors (Lipinski definition) is 0. The van der Waals surface area contributed by atoms with E-state index in [2.05, 4.69) is 39.1 Å². The lowest BCUT2D eigenvalue weighted by molar-refractivity contribution is -0.234. The van der Waals surface area contributed by atoms with Crippen LogP contribution in [-0.4, -0.2) is 221 Å². The fourth-order valence-electron chi connectivity index (χ4n) is 14.6. The zero-order valence-electron chi connectivity index (χ0n) is 58.1. The topological polar surface area (TPSA) is 375 Å². The average molecular weight is 1360 g/mol. The Hall–Kier alpha value is -4.65. The number of ether oxygens (including phenoxy) is 20. The van der Waals surface area contributed by atoms with Crippen molar-refractivity contribution in [1.82, 2.24) is 0 Å². The molecule has 0 aromatic heterocycles. The van der Waals surface area contributed by atoms with Crippen molar-refractivity contribution in [2.75, 3.05) is 35.5 Å². The highest BCUT2D eigenvalue weighted by Gasteiger charge is 2.76. The molecule has 0 N–H and O–H groups in total. The molecule has 23 atom stereocenters. The molecule has 0 bridgehead atoms. The Morgan fingerprint density at radius 2 is 0.642 bits per heavy atom. The minimum Gasteiger partial charge on any atom is -0.464 e. The van der Waals surface area contributed by atoms with Gasteiger partial charge in [0.15, 0.2) is 60.2 Å². The number of ketones is 1. The molecule has 0 amide bonds. The molecule has 4 saturated carbocycles. The number of fused-ring (bicyclic) bond motifs is 9. The number of Topliss-reactive ketones (excluding diaryl/α,β-unsaturated/α-hetero) is 1. The number of hydrogen-bond acceptors (Lipinski definition) is 29. The first-order chi connectivity index (χ1) is 44.5. The van der Waals surface area contributed by atoms with E-state index in [-0.39, 0.29) is 145 Å². The summed E-state index contributed by atoms with van der Waals surface area (Å²) in [6.45, 7) is 33.2. The first-order valence-corrected chi connectivity index (χ1v) is 31.7. The summed E-state index contributed by atoms with van der Waals surface area (Å²) in [7, 11) is 8.24. The molecule has 95 heavy (non-hydrogen) atoms. The molecule has 538 valence electrons. The van der Waals surface area contributed by atoms with Gasteiger partial charge in [0, 0.05) is 42.5 Å². The average Bonchev–Trinajstić information content (AvgIpc) is 1.56. The Bertz CT molecular complexity index is 2480. The van der Waals surface area contributed by atoms with E-state index in [4.69, 9.17) is 139 Å². The van der Waals surface area contributed by atoms with Crippen molar-refractivity contribution in [3.63, 3.8) is 0 Å².